The molecule has 1 aliphatic rings. The lowest BCUT2D eigenvalue weighted by atomic mass is 9.83. The first-order valence-corrected chi connectivity index (χ1v) is 8.40. The molecule has 1 heterocycles. The monoisotopic (exact) mass is 317 g/mol. The molecule has 1 amide bonds. The van der Waals surface area contributed by atoms with Gasteiger partial charge in [-0.2, -0.15) is 0 Å². The van der Waals surface area contributed by atoms with Gasteiger partial charge in [0.2, 0.25) is 0 Å². The van der Waals surface area contributed by atoms with Crippen molar-refractivity contribution in [2.24, 2.45) is 5.92 Å². The molecule has 2 rings (SSSR count). The van der Waals surface area contributed by atoms with Gasteiger partial charge < -0.3 is 9.64 Å². The molecule has 1 aromatic rings. The number of ether oxygens (including phenoxy) is 1. The van der Waals surface area contributed by atoms with Crippen LogP contribution in [0.2, 0.25) is 0 Å². The minimum atomic E-state index is -0.130. The van der Waals surface area contributed by atoms with Crippen LogP contribution < -0.4 is 0 Å². The van der Waals surface area contributed by atoms with E-state index in [0.29, 0.717) is 32.5 Å². The lowest BCUT2D eigenvalue weighted by Gasteiger charge is -2.32. The number of carbonyl (C=O) groups excluding carboxylic acids is 2. The number of hydrogen-bond acceptors (Lipinski definition) is 3. The maximum absolute atomic E-state index is 12.9. The van der Waals surface area contributed by atoms with Crippen molar-refractivity contribution < 1.29 is 14.3 Å². The van der Waals surface area contributed by atoms with Crippen LogP contribution in [-0.2, 0) is 14.9 Å². The molecule has 1 saturated heterocycles. The lowest BCUT2D eigenvalue weighted by molar-refractivity contribution is -0.149. The topological polar surface area (TPSA) is 46.6 Å². The molecular weight excluding hydrogens is 290 g/mol. The average molecular weight is 317 g/mol. The Balaban J connectivity index is 2.08. The summed E-state index contributed by atoms with van der Waals surface area (Å²) in [6, 6.07) is 7.82. The van der Waals surface area contributed by atoms with E-state index in [-0.39, 0.29) is 23.2 Å². The van der Waals surface area contributed by atoms with Gasteiger partial charge in [-0.1, -0.05) is 39.0 Å². The summed E-state index contributed by atoms with van der Waals surface area (Å²) >= 11 is 0. The van der Waals surface area contributed by atoms with Gasteiger partial charge in [-0.05, 0) is 36.8 Å². The van der Waals surface area contributed by atoms with Gasteiger partial charge in [0.15, 0.2) is 0 Å². The largest absolute Gasteiger partial charge is 0.466 e. The van der Waals surface area contributed by atoms with Crippen LogP contribution in [0.5, 0.6) is 0 Å². The quantitative estimate of drug-likeness (QED) is 0.803. The fourth-order valence-corrected chi connectivity index (χ4v) is 3.07. The average Bonchev–Trinajstić information content (AvgIpc) is 2.54. The van der Waals surface area contributed by atoms with Gasteiger partial charge in [-0.3, -0.25) is 9.59 Å². The molecule has 4 heteroatoms. The predicted octanol–water partition coefficient (Wildman–Crippen LogP) is 3.40. The number of carbonyl (C=O) groups is 2. The van der Waals surface area contributed by atoms with Gasteiger partial charge >= 0.3 is 5.97 Å². The fraction of sp³-hybridized carbons (Fsp3) is 0.579. The van der Waals surface area contributed by atoms with Crippen LogP contribution in [0, 0.1) is 5.92 Å². The predicted molar refractivity (Wildman–Crippen MR) is 90.4 cm³/mol. The smallest absolute Gasteiger partial charge is 0.309 e. The van der Waals surface area contributed by atoms with Crippen molar-refractivity contribution in [3.63, 3.8) is 0 Å². The summed E-state index contributed by atoms with van der Waals surface area (Å²) in [5.74, 6) is -0.135. The fourth-order valence-electron chi connectivity index (χ4n) is 3.07. The van der Waals surface area contributed by atoms with Gasteiger partial charge in [0.25, 0.3) is 5.91 Å². The van der Waals surface area contributed by atoms with E-state index in [4.69, 9.17) is 4.74 Å². The van der Waals surface area contributed by atoms with Gasteiger partial charge in [0.05, 0.1) is 12.5 Å². The summed E-state index contributed by atoms with van der Waals surface area (Å²) in [5.41, 5.74) is 1.77. The summed E-state index contributed by atoms with van der Waals surface area (Å²) in [6.45, 7) is 9.81. The second-order valence-electron chi connectivity index (χ2n) is 7.11. The van der Waals surface area contributed by atoms with Crippen LogP contribution >= 0.6 is 0 Å². The van der Waals surface area contributed by atoms with Gasteiger partial charge in [-0.15, -0.1) is 0 Å². The van der Waals surface area contributed by atoms with Crippen LogP contribution in [-0.4, -0.2) is 36.5 Å². The number of piperidine rings is 1. The van der Waals surface area contributed by atoms with E-state index < -0.39 is 0 Å². The molecule has 1 aliphatic heterocycles. The normalized spacial score (nSPS) is 16.3. The molecule has 4 nitrogen and oxygen atoms in total. The van der Waals surface area contributed by atoms with Crippen molar-refractivity contribution in [1.29, 1.82) is 0 Å². The van der Waals surface area contributed by atoms with E-state index in [2.05, 4.69) is 20.8 Å². The molecule has 0 N–H and O–H groups in total. The molecule has 0 atom stereocenters. The Labute approximate surface area is 138 Å². The first kappa shape index (κ1) is 17.5. The minimum absolute atomic E-state index is 0.0674. The van der Waals surface area contributed by atoms with E-state index in [9.17, 15) is 9.59 Å². The summed E-state index contributed by atoms with van der Waals surface area (Å²) in [5, 5.41) is 0. The van der Waals surface area contributed by atoms with Gasteiger partial charge in [0, 0.05) is 18.7 Å². The maximum atomic E-state index is 12.9. The van der Waals surface area contributed by atoms with Crippen molar-refractivity contribution in [3.8, 4) is 0 Å². The summed E-state index contributed by atoms with van der Waals surface area (Å²) in [7, 11) is 0. The zero-order valence-corrected chi connectivity index (χ0v) is 14.6. The Bertz CT molecular complexity index is 566. The van der Waals surface area contributed by atoms with Gasteiger partial charge in [-0.25, -0.2) is 0 Å². The molecule has 0 saturated carbocycles. The first-order chi connectivity index (χ1) is 10.8. The van der Waals surface area contributed by atoms with Crippen LogP contribution in [0.3, 0.4) is 0 Å². The van der Waals surface area contributed by atoms with Crippen molar-refractivity contribution in [3.05, 3.63) is 35.4 Å². The third-order valence-electron chi connectivity index (χ3n) is 4.37. The van der Waals surface area contributed by atoms with Crippen LogP contribution in [0.4, 0.5) is 0 Å². The van der Waals surface area contributed by atoms with Crippen LogP contribution in [0.25, 0.3) is 0 Å². The number of benzene rings is 1. The highest BCUT2D eigenvalue weighted by Gasteiger charge is 2.30. The van der Waals surface area contributed by atoms with Crippen LogP contribution in [0.1, 0.15) is 56.5 Å². The van der Waals surface area contributed by atoms with Crippen molar-refractivity contribution in [1.82, 2.24) is 4.90 Å². The van der Waals surface area contributed by atoms with E-state index in [1.54, 1.807) is 0 Å². The van der Waals surface area contributed by atoms with E-state index >= 15 is 0 Å². The summed E-state index contributed by atoms with van der Waals surface area (Å²) < 4.78 is 5.08. The Morgan fingerprint density at radius 1 is 1.17 bits per heavy atom. The highest BCUT2D eigenvalue weighted by atomic mass is 16.5. The molecule has 0 unspecified atom stereocenters. The molecule has 1 aromatic carbocycles. The Morgan fingerprint density at radius 3 is 2.35 bits per heavy atom. The SMILES string of the molecule is CCOC(=O)C1CCN(C(=O)c2ccccc2C(C)(C)C)CC1. The molecule has 1 fully saturated rings. The molecule has 0 bridgehead atoms. The number of esters is 1. The van der Waals surface area contributed by atoms with Crippen molar-refractivity contribution >= 4 is 11.9 Å². The first-order valence-electron chi connectivity index (χ1n) is 8.40. The van der Waals surface area contributed by atoms with E-state index in [1.807, 2.05) is 36.1 Å². The maximum Gasteiger partial charge on any atom is 0.309 e. The second-order valence-corrected chi connectivity index (χ2v) is 7.11. The second kappa shape index (κ2) is 7.16. The van der Waals surface area contributed by atoms with E-state index in [1.165, 1.54) is 0 Å². The molecule has 0 aliphatic carbocycles. The van der Waals surface area contributed by atoms with Crippen molar-refractivity contribution in [2.75, 3.05) is 19.7 Å². The third kappa shape index (κ3) is 4.12. The van der Waals surface area contributed by atoms with E-state index in [0.717, 1.165) is 11.1 Å². The van der Waals surface area contributed by atoms with Gasteiger partial charge in [0.1, 0.15) is 0 Å². The molecular formula is C19H27NO3. The number of likely N-dealkylation sites (tertiary alicyclic amines) is 1. The highest BCUT2D eigenvalue weighted by molar-refractivity contribution is 5.96. The third-order valence-corrected chi connectivity index (χ3v) is 4.37. The number of amides is 1. The number of rotatable bonds is 3. The van der Waals surface area contributed by atoms with Crippen LogP contribution in [0.15, 0.2) is 24.3 Å². The Morgan fingerprint density at radius 2 is 1.78 bits per heavy atom. The zero-order valence-electron chi connectivity index (χ0n) is 14.6. The summed E-state index contributed by atoms with van der Waals surface area (Å²) in [4.78, 5) is 26.5. The highest BCUT2D eigenvalue weighted by Crippen LogP contribution is 2.28. The molecule has 0 spiro atoms. The molecule has 0 aromatic heterocycles. The molecule has 126 valence electrons. The Kier molecular flexibility index (Phi) is 5.45. The lowest BCUT2D eigenvalue weighted by Crippen LogP contribution is -2.41. The Hall–Kier alpha value is -1.84. The summed E-state index contributed by atoms with van der Waals surface area (Å²) in [6.07, 6.45) is 1.37. The molecule has 0 radical (unpaired) electrons. The van der Waals surface area contributed by atoms with Crippen molar-refractivity contribution in [2.45, 2.75) is 46.0 Å². The zero-order chi connectivity index (χ0) is 17.0. The standard InChI is InChI=1S/C19H27NO3/c1-5-23-18(22)14-10-12-20(13-11-14)17(21)15-8-6-7-9-16(15)19(2,3)4/h6-9,14H,5,10-13H2,1-4H3. The molecule has 23 heavy (non-hydrogen) atoms. The number of hydrogen-bond donors (Lipinski definition) is 0. The minimum Gasteiger partial charge on any atom is -0.466 e. The number of nitrogens with zero attached hydrogens (tertiary/aromatic N) is 1.